The zero-order chi connectivity index (χ0) is 31.0. The number of nitrogens with zero attached hydrogens (tertiary/aromatic N) is 1. The average molecular weight is 574 g/mol. The van der Waals surface area contributed by atoms with Gasteiger partial charge in [0.2, 0.25) is 11.8 Å². The van der Waals surface area contributed by atoms with Gasteiger partial charge in [0, 0.05) is 12.6 Å². The third-order valence-electron chi connectivity index (χ3n) is 7.56. The molecule has 1 rings (SSSR count). The molecule has 0 aromatic heterocycles. The molecule has 0 fully saturated rings. The third kappa shape index (κ3) is 13.3. The highest BCUT2D eigenvalue weighted by Crippen LogP contribution is 2.26. The summed E-state index contributed by atoms with van der Waals surface area (Å²) in [6.45, 7) is 18.2. The second kappa shape index (κ2) is 18.8. The smallest absolute Gasteiger partial charge is 0.408 e. The number of carbonyl (C=O) groups excluding carboxylic acids is 3. The molecular formula is C34H59N3O4. The summed E-state index contributed by atoms with van der Waals surface area (Å²) in [5.41, 5.74) is 1.26. The van der Waals surface area contributed by atoms with E-state index in [-0.39, 0.29) is 23.8 Å². The van der Waals surface area contributed by atoms with Crippen molar-refractivity contribution >= 4 is 17.9 Å². The van der Waals surface area contributed by atoms with Crippen LogP contribution in [0.4, 0.5) is 4.79 Å². The Bertz CT molecular complexity index is 910. The largest absolute Gasteiger partial charge is 0.444 e. The van der Waals surface area contributed by atoms with E-state index in [1.807, 2.05) is 45.0 Å². The van der Waals surface area contributed by atoms with Crippen LogP contribution in [0.1, 0.15) is 137 Å². The molecule has 0 heterocycles. The highest BCUT2D eigenvalue weighted by Gasteiger charge is 2.38. The number of hydrogen-bond donors (Lipinski definition) is 2. The number of hydrogen-bond acceptors (Lipinski definition) is 4. The summed E-state index contributed by atoms with van der Waals surface area (Å²) in [5.74, 6) is -0.580. The predicted octanol–water partition coefficient (Wildman–Crippen LogP) is 7.72. The first-order chi connectivity index (χ1) is 19.4. The van der Waals surface area contributed by atoms with Crippen LogP contribution >= 0.6 is 0 Å². The third-order valence-corrected chi connectivity index (χ3v) is 7.56. The fraction of sp³-hybridized carbons (Fsp3) is 0.735. The van der Waals surface area contributed by atoms with Gasteiger partial charge in [0.15, 0.2) is 0 Å². The normalized spacial score (nSPS) is 14.5. The van der Waals surface area contributed by atoms with Crippen molar-refractivity contribution in [2.75, 3.05) is 6.54 Å². The molecule has 2 N–H and O–H groups in total. The summed E-state index contributed by atoms with van der Waals surface area (Å²) in [4.78, 5) is 43.0. The Kier molecular flexibility index (Phi) is 16.7. The number of benzene rings is 1. The minimum Gasteiger partial charge on any atom is -0.444 e. The predicted molar refractivity (Wildman–Crippen MR) is 169 cm³/mol. The van der Waals surface area contributed by atoms with E-state index in [1.165, 1.54) is 18.4 Å². The first-order valence-corrected chi connectivity index (χ1v) is 16.1. The molecule has 1 aromatic carbocycles. The summed E-state index contributed by atoms with van der Waals surface area (Å²) in [6, 6.07) is 6.38. The zero-order valence-electron chi connectivity index (χ0n) is 27.5. The molecule has 0 aliphatic rings. The van der Waals surface area contributed by atoms with Crippen molar-refractivity contribution in [3.8, 4) is 0 Å². The molecule has 0 radical (unpaired) electrons. The van der Waals surface area contributed by atoms with Crippen LogP contribution in [0.5, 0.6) is 0 Å². The number of nitrogens with one attached hydrogen (secondary N) is 2. The van der Waals surface area contributed by atoms with Gasteiger partial charge in [0.25, 0.3) is 0 Å². The van der Waals surface area contributed by atoms with Crippen LogP contribution in [0.15, 0.2) is 24.3 Å². The maximum atomic E-state index is 14.4. The number of ether oxygens (including phenoxy) is 1. The Balaban J connectivity index is 3.51. The summed E-state index contributed by atoms with van der Waals surface area (Å²) >= 11 is 0. The first kappa shape index (κ1) is 36.5. The van der Waals surface area contributed by atoms with Crippen LogP contribution < -0.4 is 10.6 Å². The van der Waals surface area contributed by atoms with Crippen molar-refractivity contribution in [1.82, 2.24) is 15.5 Å². The average Bonchev–Trinajstić information content (AvgIpc) is 2.91. The van der Waals surface area contributed by atoms with E-state index >= 15 is 0 Å². The molecule has 4 unspecified atom stereocenters. The van der Waals surface area contributed by atoms with Gasteiger partial charge in [0.1, 0.15) is 17.7 Å². The minimum absolute atomic E-state index is 0.0128. The zero-order valence-corrected chi connectivity index (χ0v) is 27.5. The van der Waals surface area contributed by atoms with Gasteiger partial charge >= 0.3 is 6.09 Å². The standard InChI is InChI=1S/C34H59N3O4/c1-10-14-15-16-17-18-24-37(32(39)29(25(5)12-3)36-33(40)41-34(7,8)9)30(31(38)35-26(6)19-11-2)28-22-20-27(13-4)21-23-28/h20-23,25-26,29-30H,10-19,24H2,1-9H3,(H,35,38)(H,36,40). The molecule has 0 aliphatic heterocycles. The van der Waals surface area contributed by atoms with Gasteiger partial charge in [-0.3, -0.25) is 9.59 Å². The fourth-order valence-electron chi connectivity index (χ4n) is 4.96. The number of amides is 3. The molecule has 0 saturated carbocycles. The van der Waals surface area contributed by atoms with Gasteiger partial charge < -0.3 is 20.3 Å². The number of aryl methyl sites for hydroxylation is 1. The Morgan fingerprint density at radius 2 is 1.46 bits per heavy atom. The van der Waals surface area contributed by atoms with E-state index < -0.39 is 23.8 Å². The number of alkyl carbamates (subject to hydrolysis) is 1. The van der Waals surface area contributed by atoms with Gasteiger partial charge in [-0.05, 0) is 64.0 Å². The van der Waals surface area contributed by atoms with Crippen molar-refractivity contribution < 1.29 is 19.1 Å². The van der Waals surface area contributed by atoms with Crippen LogP contribution in [-0.2, 0) is 20.7 Å². The van der Waals surface area contributed by atoms with Gasteiger partial charge in [-0.25, -0.2) is 4.79 Å². The van der Waals surface area contributed by atoms with E-state index in [2.05, 4.69) is 31.4 Å². The van der Waals surface area contributed by atoms with Crippen molar-refractivity contribution in [3.05, 3.63) is 35.4 Å². The van der Waals surface area contributed by atoms with Crippen LogP contribution in [-0.4, -0.2) is 47.0 Å². The Morgan fingerprint density at radius 3 is 2.00 bits per heavy atom. The molecule has 41 heavy (non-hydrogen) atoms. The van der Waals surface area contributed by atoms with Gasteiger partial charge in [-0.15, -0.1) is 0 Å². The van der Waals surface area contributed by atoms with Crippen molar-refractivity contribution in [2.24, 2.45) is 5.92 Å². The van der Waals surface area contributed by atoms with Crippen LogP contribution in [0.25, 0.3) is 0 Å². The molecule has 1 aromatic rings. The summed E-state index contributed by atoms with van der Waals surface area (Å²) < 4.78 is 5.53. The van der Waals surface area contributed by atoms with Crippen molar-refractivity contribution in [3.63, 3.8) is 0 Å². The second-order valence-electron chi connectivity index (χ2n) is 12.5. The lowest BCUT2D eigenvalue weighted by atomic mass is 9.95. The monoisotopic (exact) mass is 573 g/mol. The van der Waals surface area contributed by atoms with E-state index in [0.29, 0.717) is 13.0 Å². The topological polar surface area (TPSA) is 87.7 Å². The fourth-order valence-corrected chi connectivity index (χ4v) is 4.96. The van der Waals surface area contributed by atoms with Crippen LogP contribution in [0.2, 0.25) is 0 Å². The van der Waals surface area contributed by atoms with Crippen LogP contribution in [0.3, 0.4) is 0 Å². The van der Waals surface area contributed by atoms with Crippen LogP contribution in [0, 0.1) is 5.92 Å². The maximum Gasteiger partial charge on any atom is 0.408 e. The molecule has 7 nitrogen and oxygen atoms in total. The lowest BCUT2D eigenvalue weighted by molar-refractivity contribution is -0.143. The molecule has 3 amide bonds. The second-order valence-corrected chi connectivity index (χ2v) is 12.5. The highest BCUT2D eigenvalue weighted by atomic mass is 16.6. The SMILES string of the molecule is CCCCCCCCN(C(=O)C(NC(=O)OC(C)(C)C)C(C)CC)C(C(=O)NC(C)CCC)c1ccc(CC)cc1. The molecule has 234 valence electrons. The molecule has 4 atom stereocenters. The van der Waals surface area contributed by atoms with Crippen molar-refractivity contribution in [2.45, 2.75) is 150 Å². The highest BCUT2D eigenvalue weighted by molar-refractivity contribution is 5.92. The lowest BCUT2D eigenvalue weighted by Crippen LogP contribution is -2.55. The van der Waals surface area contributed by atoms with Gasteiger partial charge in [-0.1, -0.05) is 104 Å². The van der Waals surface area contributed by atoms with E-state index in [0.717, 1.165) is 50.5 Å². The minimum atomic E-state index is -0.812. The molecule has 0 spiro atoms. The first-order valence-electron chi connectivity index (χ1n) is 16.1. The van der Waals surface area contributed by atoms with Gasteiger partial charge in [0.05, 0.1) is 0 Å². The Morgan fingerprint density at radius 1 is 0.854 bits per heavy atom. The summed E-state index contributed by atoms with van der Waals surface area (Å²) in [5, 5.41) is 6.03. The Hall–Kier alpha value is -2.57. The molecule has 0 bridgehead atoms. The maximum absolute atomic E-state index is 14.4. The lowest BCUT2D eigenvalue weighted by Gasteiger charge is -2.36. The quantitative estimate of drug-likeness (QED) is 0.176. The number of carbonyl (C=O) groups is 3. The number of rotatable bonds is 18. The number of unbranched alkanes of at least 4 members (excludes halogenated alkanes) is 5. The summed E-state index contributed by atoms with van der Waals surface area (Å²) in [7, 11) is 0. The van der Waals surface area contributed by atoms with E-state index in [9.17, 15) is 14.4 Å². The molecule has 7 heteroatoms. The molecule has 0 aliphatic carbocycles. The van der Waals surface area contributed by atoms with E-state index in [1.54, 1.807) is 25.7 Å². The van der Waals surface area contributed by atoms with E-state index in [4.69, 9.17) is 4.74 Å². The van der Waals surface area contributed by atoms with Gasteiger partial charge in [-0.2, -0.15) is 0 Å². The molecule has 0 saturated heterocycles. The summed E-state index contributed by atoms with van der Waals surface area (Å²) in [6.07, 6.45) is 9.15. The molecular weight excluding hydrogens is 514 g/mol. The Labute approximate surface area is 250 Å². The van der Waals surface area contributed by atoms with Crippen molar-refractivity contribution in [1.29, 1.82) is 0 Å².